The number of benzodiazepines with no additional fused rings is 1. The molecule has 2 heterocycles. The number of benzene rings is 4. The maximum atomic E-state index is 14.2. The first-order chi connectivity index (χ1) is 21.3. The fourth-order valence-corrected chi connectivity index (χ4v) is 5.13. The number of phenols is 1. The summed E-state index contributed by atoms with van der Waals surface area (Å²) in [6.45, 7) is 0.123. The van der Waals surface area contributed by atoms with E-state index in [0.717, 1.165) is 22.9 Å². The van der Waals surface area contributed by atoms with Gasteiger partial charge in [-0.15, -0.1) is 0 Å². The number of halogens is 1. The van der Waals surface area contributed by atoms with Crippen LogP contribution in [0.15, 0.2) is 108 Å². The molecule has 218 valence electrons. The van der Waals surface area contributed by atoms with E-state index in [9.17, 15) is 24.8 Å². The lowest BCUT2D eigenvalue weighted by molar-refractivity contribution is -0.385. The number of H-pyrrole nitrogens is 1. The zero-order chi connectivity index (χ0) is 30.8. The van der Waals surface area contributed by atoms with Gasteiger partial charge in [-0.1, -0.05) is 66.2 Å². The van der Waals surface area contributed by atoms with Gasteiger partial charge in [-0.3, -0.25) is 24.8 Å². The van der Waals surface area contributed by atoms with Gasteiger partial charge in [-0.25, -0.2) is 4.99 Å². The Hall–Kier alpha value is -5.81. The number of amides is 2. The predicted octanol–water partition coefficient (Wildman–Crippen LogP) is 5.48. The molecule has 1 unspecified atom stereocenters. The van der Waals surface area contributed by atoms with E-state index in [0.29, 0.717) is 27.5 Å². The van der Waals surface area contributed by atoms with Crippen LogP contribution in [0.4, 0.5) is 11.4 Å². The first-order valence-electron chi connectivity index (χ1n) is 13.4. The van der Waals surface area contributed by atoms with Crippen LogP contribution in [-0.4, -0.2) is 43.9 Å². The van der Waals surface area contributed by atoms with Crippen LogP contribution < -0.4 is 10.2 Å². The molecule has 0 bridgehead atoms. The Balaban J connectivity index is 1.43. The predicted molar refractivity (Wildman–Crippen MR) is 165 cm³/mol. The minimum absolute atomic E-state index is 0.0300. The standard InChI is InChI=1S/C32H23ClN6O5/c33-23-12-15-26-25(16-23)28(22-10-13-24(40)14-11-22)35-30(36-31(41)29-27(39(43)44)17-34-37-29)32(42)38(26)18-19-6-8-21(9-7-19)20-4-2-1-3-5-20/h1-17,30,40H,18H2,(H,34,37)(H,36,41). The molecule has 0 saturated carbocycles. The smallest absolute Gasteiger partial charge is 0.319 e. The SMILES string of the molecule is O=C(NC1N=C(c2ccc(O)cc2)c2cc(Cl)ccc2N(Cc2ccc(-c3ccccc3)cc2)C1=O)c1[nH]ncc1[N+](=O)[O-]. The highest BCUT2D eigenvalue weighted by Gasteiger charge is 2.35. The summed E-state index contributed by atoms with van der Waals surface area (Å²) in [5, 5.41) is 30.2. The Morgan fingerprint density at radius 3 is 2.36 bits per heavy atom. The van der Waals surface area contributed by atoms with Crippen molar-refractivity contribution >= 4 is 40.5 Å². The van der Waals surface area contributed by atoms with Crippen molar-refractivity contribution in [1.82, 2.24) is 15.5 Å². The van der Waals surface area contributed by atoms with Crippen molar-refractivity contribution in [2.75, 3.05) is 4.90 Å². The summed E-state index contributed by atoms with van der Waals surface area (Å²) in [5.74, 6) is -1.48. The summed E-state index contributed by atoms with van der Waals surface area (Å²) in [4.78, 5) is 44.3. The number of nitrogens with one attached hydrogen (secondary N) is 2. The number of phenolic OH excluding ortho intramolecular Hbond substituents is 1. The molecule has 3 N–H and O–H groups in total. The van der Waals surface area contributed by atoms with Gasteiger partial charge in [0.1, 0.15) is 11.9 Å². The summed E-state index contributed by atoms with van der Waals surface area (Å²) >= 11 is 6.42. The zero-order valence-electron chi connectivity index (χ0n) is 22.8. The van der Waals surface area contributed by atoms with Crippen molar-refractivity contribution in [2.24, 2.45) is 4.99 Å². The molecular formula is C32H23ClN6O5. The second-order valence-corrected chi connectivity index (χ2v) is 10.4. The lowest BCUT2D eigenvalue weighted by atomic mass is 9.99. The molecule has 1 aliphatic rings. The third-order valence-electron chi connectivity index (χ3n) is 7.12. The quantitative estimate of drug-likeness (QED) is 0.165. The molecule has 11 nitrogen and oxygen atoms in total. The molecule has 12 heteroatoms. The zero-order valence-corrected chi connectivity index (χ0v) is 23.6. The number of nitro groups is 1. The first-order valence-corrected chi connectivity index (χ1v) is 13.8. The number of fused-ring (bicyclic) bond motifs is 1. The van der Waals surface area contributed by atoms with Crippen molar-refractivity contribution in [3.8, 4) is 16.9 Å². The van der Waals surface area contributed by atoms with Gasteiger partial charge in [0.25, 0.3) is 11.8 Å². The van der Waals surface area contributed by atoms with Crippen molar-refractivity contribution in [3.05, 3.63) is 141 Å². The number of hydrogen-bond acceptors (Lipinski definition) is 7. The number of hydrogen-bond donors (Lipinski definition) is 3. The van der Waals surface area contributed by atoms with E-state index in [1.807, 2.05) is 54.6 Å². The maximum absolute atomic E-state index is 14.2. The summed E-state index contributed by atoms with van der Waals surface area (Å²) in [6.07, 6.45) is -0.568. The summed E-state index contributed by atoms with van der Waals surface area (Å²) in [6, 6.07) is 28.9. The Labute approximate surface area is 255 Å². The number of nitrogens with zero attached hydrogens (tertiary/aromatic N) is 4. The van der Waals surface area contributed by atoms with Crippen LogP contribution in [-0.2, 0) is 11.3 Å². The van der Waals surface area contributed by atoms with E-state index < -0.39 is 34.3 Å². The van der Waals surface area contributed by atoms with Gasteiger partial charge in [0.05, 0.1) is 22.9 Å². The number of aromatic nitrogens is 2. The van der Waals surface area contributed by atoms with Crippen LogP contribution in [0.25, 0.3) is 11.1 Å². The highest BCUT2D eigenvalue weighted by Crippen LogP contribution is 2.33. The number of aromatic amines is 1. The molecule has 1 aliphatic heterocycles. The van der Waals surface area contributed by atoms with E-state index in [1.165, 1.54) is 17.0 Å². The monoisotopic (exact) mass is 606 g/mol. The molecule has 0 aliphatic carbocycles. The summed E-state index contributed by atoms with van der Waals surface area (Å²) in [7, 11) is 0. The van der Waals surface area contributed by atoms with Gasteiger partial charge in [0.15, 0.2) is 0 Å². The maximum Gasteiger partial charge on any atom is 0.319 e. The minimum atomic E-state index is -1.48. The number of aromatic hydroxyl groups is 1. The number of anilines is 1. The van der Waals surface area contributed by atoms with Crippen molar-refractivity contribution in [3.63, 3.8) is 0 Å². The summed E-state index contributed by atoms with van der Waals surface area (Å²) < 4.78 is 0. The van der Waals surface area contributed by atoms with E-state index in [2.05, 4.69) is 20.5 Å². The van der Waals surface area contributed by atoms with Gasteiger partial charge in [0, 0.05) is 16.1 Å². The van der Waals surface area contributed by atoms with Crippen LogP contribution >= 0.6 is 11.6 Å². The average Bonchev–Trinajstić information content (AvgIpc) is 3.51. The van der Waals surface area contributed by atoms with Crippen LogP contribution in [0.3, 0.4) is 0 Å². The molecule has 1 atom stereocenters. The average molecular weight is 607 g/mol. The Bertz CT molecular complexity index is 1910. The van der Waals surface area contributed by atoms with Crippen LogP contribution in [0.2, 0.25) is 5.02 Å². The number of rotatable bonds is 7. The van der Waals surface area contributed by atoms with Crippen molar-refractivity contribution in [2.45, 2.75) is 12.7 Å². The van der Waals surface area contributed by atoms with Crippen LogP contribution in [0.1, 0.15) is 27.2 Å². The lowest BCUT2D eigenvalue weighted by Crippen LogP contribution is -2.47. The summed E-state index contributed by atoms with van der Waals surface area (Å²) in [5.41, 5.74) is 3.77. The molecule has 4 aromatic carbocycles. The Kier molecular flexibility index (Phi) is 7.61. The fourth-order valence-electron chi connectivity index (χ4n) is 4.96. The molecule has 0 spiro atoms. The van der Waals surface area contributed by atoms with E-state index >= 15 is 0 Å². The van der Waals surface area contributed by atoms with Crippen molar-refractivity contribution < 1.29 is 19.6 Å². The molecule has 1 aromatic heterocycles. The first kappa shape index (κ1) is 28.3. The van der Waals surface area contributed by atoms with Gasteiger partial charge in [-0.05, 0) is 59.2 Å². The lowest BCUT2D eigenvalue weighted by Gasteiger charge is -2.26. The molecule has 0 saturated heterocycles. The molecule has 6 rings (SSSR count). The highest BCUT2D eigenvalue weighted by molar-refractivity contribution is 6.32. The second-order valence-electron chi connectivity index (χ2n) is 9.94. The minimum Gasteiger partial charge on any atom is -0.508 e. The van der Waals surface area contributed by atoms with E-state index in [4.69, 9.17) is 11.6 Å². The number of aliphatic imine (C=N–C) groups is 1. The molecular weight excluding hydrogens is 584 g/mol. The van der Waals surface area contributed by atoms with E-state index in [1.54, 1.807) is 30.3 Å². The fraction of sp³-hybridized carbons (Fsp3) is 0.0625. The van der Waals surface area contributed by atoms with Gasteiger partial charge >= 0.3 is 5.69 Å². The third-order valence-corrected chi connectivity index (χ3v) is 7.35. The molecule has 0 fully saturated rings. The van der Waals surface area contributed by atoms with Crippen LogP contribution in [0.5, 0.6) is 5.75 Å². The van der Waals surface area contributed by atoms with Crippen LogP contribution in [0, 0.1) is 10.1 Å². The van der Waals surface area contributed by atoms with Gasteiger partial charge in [0.2, 0.25) is 11.9 Å². The number of carbonyl (C=O) groups excluding carboxylic acids is 2. The molecule has 0 radical (unpaired) electrons. The topological polar surface area (TPSA) is 154 Å². The second kappa shape index (κ2) is 11.8. The van der Waals surface area contributed by atoms with E-state index in [-0.39, 0.29) is 12.3 Å². The number of carbonyl (C=O) groups is 2. The van der Waals surface area contributed by atoms with Gasteiger partial charge < -0.3 is 15.3 Å². The Morgan fingerprint density at radius 2 is 1.66 bits per heavy atom. The largest absolute Gasteiger partial charge is 0.508 e. The van der Waals surface area contributed by atoms with Crippen molar-refractivity contribution in [1.29, 1.82) is 0 Å². The van der Waals surface area contributed by atoms with Gasteiger partial charge in [-0.2, -0.15) is 5.10 Å². The molecule has 2 amide bonds. The highest BCUT2D eigenvalue weighted by atomic mass is 35.5. The molecule has 5 aromatic rings. The normalized spacial score (nSPS) is 14.4. The third kappa shape index (κ3) is 5.63. The molecule has 44 heavy (non-hydrogen) atoms. The Morgan fingerprint density at radius 1 is 0.977 bits per heavy atom.